The van der Waals surface area contributed by atoms with E-state index in [0.717, 1.165) is 61.7 Å². The Balaban J connectivity index is 1.36. The molecule has 41 heavy (non-hydrogen) atoms. The number of ether oxygens (including phenoxy) is 1. The van der Waals surface area contributed by atoms with Gasteiger partial charge in [0.05, 0.1) is 29.5 Å². The predicted octanol–water partition coefficient (Wildman–Crippen LogP) is 3.94. The van der Waals surface area contributed by atoms with Crippen LogP contribution in [0, 0.1) is 10.8 Å². The molecule has 2 saturated heterocycles. The molecule has 0 aliphatic carbocycles. The Morgan fingerprint density at radius 2 is 1.63 bits per heavy atom. The normalized spacial score (nSPS) is 18.8. The number of aromatic nitrogens is 2. The van der Waals surface area contributed by atoms with E-state index in [1.807, 2.05) is 6.92 Å². The number of fused-ring (bicyclic) bond motifs is 1. The SMILES string of the molecule is CCOC(=O)CC(C)(C)CC(C)(C)CN1CCN(c2nc(Cl)nc3cc(CN4CCN(S(C)(=O)=O)CC4)sc23)CC1. The molecule has 0 radical (unpaired) electrons. The lowest BCUT2D eigenvalue weighted by molar-refractivity contribution is -0.145. The molecule has 0 aromatic carbocycles. The Morgan fingerprint density at radius 1 is 1.00 bits per heavy atom. The zero-order valence-corrected chi connectivity index (χ0v) is 27.7. The molecular formula is C28H45ClN6O4S2. The van der Waals surface area contributed by atoms with Gasteiger partial charge in [0, 0.05) is 70.3 Å². The van der Waals surface area contributed by atoms with Crippen LogP contribution in [0.5, 0.6) is 0 Å². The molecule has 0 unspecified atom stereocenters. The monoisotopic (exact) mass is 628 g/mol. The van der Waals surface area contributed by atoms with E-state index in [1.54, 1.807) is 15.6 Å². The fraction of sp³-hybridized carbons (Fsp3) is 0.750. The first-order valence-corrected chi connectivity index (χ1v) is 17.4. The summed E-state index contributed by atoms with van der Waals surface area (Å²) < 4.78 is 31.5. The number of nitrogens with zero attached hydrogens (tertiary/aromatic N) is 6. The molecule has 10 nitrogen and oxygen atoms in total. The third-order valence-electron chi connectivity index (χ3n) is 7.77. The van der Waals surface area contributed by atoms with Crippen molar-refractivity contribution in [1.82, 2.24) is 24.1 Å². The fourth-order valence-electron chi connectivity index (χ4n) is 6.41. The van der Waals surface area contributed by atoms with E-state index in [9.17, 15) is 13.2 Å². The molecule has 0 N–H and O–H groups in total. The molecular weight excluding hydrogens is 584 g/mol. The van der Waals surface area contributed by atoms with Gasteiger partial charge in [0.2, 0.25) is 15.3 Å². The van der Waals surface area contributed by atoms with Gasteiger partial charge < -0.3 is 9.64 Å². The third-order valence-corrected chi connectivity index (χ3v) is 10.3. The minimum Gasteiger partial charge on any atom is -0.466 e. The number of esters is 1. The Bertz CT molecular complexity index is 1320. The molecule has 2 aromatic heterocycles. The number of anilines is 1. The summed E-state index contributed by atoms with van der Waals surface area (Å²) in [6.45, 7) is 18.9. The van der Waals surface area contributed by atoms with Gasteiger partial charge in [0.25, 0.3) is 0 Å². The quantitative estimate of drug-likeness (QED) is 0.271. The maximum atomic E-state index is 12.1. The summed E-state index contributed by atoms with van der Waals surface area (Å²) in [4.78, 5) is 29.5. The van der Waals surface area contributed by atoms with Crippen molar-refractivity contribution in [3.63, 3.8) is 0 Å². The second-order valence-corrected chi connectivity index (χ2v) is 16.4. The Kier molecular flexibility index (Phi) is 10.2. The largest absolute Gasteiger partial charge is 0.466 e. The van der Waals surface area contributed by atoms with Crippen LogP contribution in [0.1, 0.15) is 52.3 Å². The number of thiophene rings is 1. The molecule has 0 bridgehead atoms. The third kappa shape index (κ3) is 8.96. The van der Waals surface area contributed by atoms with Gasteiger partial charge in [0.15, 0.2) is 5.82 Å². The summed E-state index contributed by atoms with van der Waals surface area (Å²) in [6, 6.07) is 2.09. The molecule has 4 rings (SSSR count). The number of carbonyl (C=O) groups is 1. The van der Waals surface area contributed by atoms with Crippen LogP contribution in [0.25, 0.3) is 10.2 Å². The van der Waals surface area contributed by atoms with Gasteiger partial charge in [-0.25, -0.2) is 13.4 Å². The second-order valence-electron chi connectivity index (χ2n) is 12.9. The Hall–Kier alpha value is -1.57. The van der Waals surface area contributed by atoms with Crippen LogP contribution in [0.2, 0.25) is 5.28 Å². The number of piperazine rings is 2. The zero-order chi connectivity index (χ0) is 30.0. The molecule has 2 fully saturated rings. The molecule has 230 valence electrons. The van der Waals surface area contributed by atoms with Crippen LogP contribution >= 0.6 is 22.9 Å². The Labute approximate surface area is 254 Å². The van der Waals surface area contributed by atoms with Gasteiger partial charge in [-0.1, -0.05) is 27.7 Å². The van der Waals surface area contributed by atoms with E-state index >= 15 is 0 Å². The molecule has 0 spiro atoms. The summed E-state index contributed by atoms with van der Waals surface area (Å²) in [5.74, 6) is 0.774. The summed E-state index contributed by atoms with van der Waals surface area (Å²) >= 11 is 8.08. The zero-order valence-electron chi connectivity index (χ0n) is 25.3. The van der Waals surface area contributed by atoms with Crippen LogP contribution in [-0.4, -0.2) is 110 Å². The van der Waals surface area contributed by atoms with Crippen molar-refractivity contribution in [3.05, 3.63) is 16.2 Å². The summed E-state index contributed by atoms with van der Waals surface area (Å²) in [5.41, 5.74) is 0.792. The van der Waals surface area contributed by atoms with Crippen LogP contribution < -0.4 is 4.90 Å². The summed E-state index contributed by atoms with van der Waals surface area (Å²) in [6.07, 6.45) is 2.64. The number of hydrogen-bond acceptors (Lipinski definition) is 10. The highest BCUT2D eigenvalue weighted by atomic mass is 35.5. The minimum atomic E-state index is -3.14. The van der Waals surface area contributed by atoms with E-state index in [0.29, 0.717) is 39.2 Å². The second kappa shape index (κ2) is 13.0. The standard InChI is InChI=1S/C28H45ClN6O4S2/c1-7-39-23(36)17-27(2,3)19-28(4,5)20-33-8-12-34(13-9-33)25-24-22(30-26(29)31-25)16-21(40-24)18-32-10-14-35(15-11-32)41(6,37)38/h16H,7-15,17-20H2,1-6H3. The van der Waals surface area contributed by atoms with Crippen LogP contribution in [-0.2, 0) is 26.1 Å². The molecule has 2 aliphatic heterocycles. The van der Waals surface area contributed by atoms with Crippen LogP contribution in [0.3, 0.4) is 0 Å². The molecule has 4 heterocycles. The first-order valence-electron chi connectivity index (χ1n) is 14.4. The number of carbonyl (C=O) groups excluding carboxylic acids is 1. The summed E-state index contributed by atoms with van der Waals surface area (Å²) in [7, 11) is -3.14. The van der Waals surface area contributed by atoms with Crippen molar-refractivity contribution < 1.29 is 17.9 Å². The predicted molar refractivity (Wildman–Crippen MR) is 166 cm³/mol. The number of rotatable bonds is 11. The van der Waals surface area contributed by atoms with Crippen molar-refractivity contribution in [2.45, 2.75) is 54.0 Å². The first-order chi connectivity index (χ1) is 19.1. The topological polar surface area (TPSA) is 99.2 Å². The lowest BCUT2D eigenvalue weighted by atomic mass is 9.73. The maximum absolute atomic E-state index is 12.1. The van der Waals surface area contributed by atoms with Crippen molar-refractivity contribution in [1.29, 1.82) is 0 Å². The van der Waals surface area contributed by atoms with E-state index < -0.39 is 10.0 Å². The number of halogens is 1. The van der Waals surface area contributed by atoms with E-state index in [4.69, 9.17) is 16.3 Å². The molecule has 2 aliphatic rings. The van der Waals surface area contributed by atoms with E-state index in [2.05, 4.69) is 58.4 Å². The van der Waals surface area contributed by atoms with Gasteiger partial charge >= 0.3 is 5.97 Å². The van der Waals surface area contributed by atoms with Crippen molar-refractivity contribution in [2.24, 2.45) is 10.8 Å². The average Bonchev–Trinajstić information content (AvgIpc) is 3.24. The van der Waals surface area contributed by atoms with Gasteiger partial charge in [0.1, 0.15) is 0 Å². The number of sulfonamides is 1. The van der Waals surface area contributed by atoms with E-state index in [1.165, 1.54) is 11.1 Å². The molecule has 0 saturated carbocycles. The average molecular weight is 629 g/mol. The Morgan fingerprint density at radius 3 is 2.24 bits per heavy atom. The fourth-order valence-corrected chi connectivity index (χ4v) is 8.56. The highest BCUT2D eigenvalue weighted by Gasteiger charge is 2.34. The molecule has 0 atom stereocenters. The van der Waals surface area contributed by atoms with Crippen molar-refractivity contribution in [2.75, 3.05) is 76.7 Å². The minimum absolute atomic E-state index is 0.0547. The first kappa shape index (κ1) is 32.3. The van der Waals surface area contributed by atoms with Gasteiger partial charge in [-0.2, -0.15) is 9.29 Å². The highest BCUT2D eigenvalue weighted by molar-refractivity contribution is 7.88. The van der Waals surface area contributed by atoms with E-state index in [-0.39, 0.29) is 22.1 Å². The molecule has 2 aromatic rings. The van der Waals surface area contributed by atoms with Crippen molar-refractivity contribution in [3.8, 4) is 0 Å². The summed E-state index contributed by atoms with van der Waals surface area (Å²) in [5, 5.41) is 0.256. The lowest BCUT2D eigenvalue weighted by Crippen LogP contribution is -2.49. The molecule has 0 amide bonds. The van der Waals surface area contributed by atoms with Gasteiger partial charge in [-0.3, -0.25) is 14.6 Å². The van der Waals surface area contributed by atoms with Crippen LogP contribution in [0.4, 0.5) is 5.82 Å². The van der Waals surface area contributed by atoms with Gasteiger partial charge in [-0.15, -0.1) is 11.3 Å². The van der Waals surface area contributed by atoms with Crippen LogP contribution in [0.15, 0.2) is 6.07 Å². The number of hydrogen-bond donors (Lipinski definition) is 0. The molecule has 13 heteroatoms. The maximum Gasteiger partial charge on any atom is 0.306 e. The highest BCUT2D eigenvalue weighted by Crippen LogP contribution is 2.38. The smallest absolute Gasteiger partial charge is 0.306 e. The van der Waals surface area contributed by atoms with Crippen molar-refractivity contribution >= 4 is 55.0 Å². The van der Waals surface area contributed by atoms with Gasteiger partial charge in [-0.05, 0) is 41.8 Å². The lowest BCUT2D eigenvalue weighted by Gasteiger charge is -2.41.